The first-order valence-corrected chi connectivity index (χ1v) is 6.19. The molecule has 0 radical (unpaired) electrons. The largest absolute Gasteiger partial charge is 0.480 e. The van der Waals surface area contributed by atoms with E-state index in [-0.39, 0.29) is 5.91 Å². The van der Waals surface area contributed by atoms with E-state index in [1.165, 1.54) is 18.9 Å². The number of aryl methyl sites for hydroxylation is 1. The zero-order valence-electron chi connectivity index (χ0n) is 9.90. The van der Waals surface area contributed by atoms with Crippen molar-refractivity contribution in [2.45, 2.75) is 19.9 Å². The molecule has 1 atom stereocenters. The summed E-state index contributed by atoms with van der Waals surface area (Å²) in [4.78, 5) is 24.2. The van der Waals surface area contributed by atoms with Gasteiger partial charge in [0.2, 0.25) is 0 Å². The lowest BCUT2D eigenvalue weighted by molar-refractivity contribution is -0.141. The molecule has 0 saturated heterocycles. The van der Waals surface area contributed by atoms with E-state index in [1.54, 1.807) is 12.1 Å². The topological polar surface area (TPSA) is 57.6 Å². The van der Waals surface area contributed by atoms with Gasteiger partial charge in [-0.1, -0.05) is 12.1 Å². The molecule has 5 heteroatoms. The number of rotatable bonds is 3. The van der Waals surface area contributed by atoms with Crippen molar-refractivity contribution in [3.63, 3.8) is 0 Å². The van der Waals surface area contributed by atoms with Gasteiger partial charge >= 0.3 is 5.97 Å². The van der Waals surface area contributed by atoms with E-state index < -0.39 is 12.0 Å². The molecule has 0 aromatic heterocycles. The lowest BCUT2D eigenvalue weighted by Crippen LogP contribution is -2.40. The minimum absolute atomic E-state index is 0.270. The number of benzene rings is 1. The molecule has 17 heavy (non-hydrogen) atoms. The molecule has 4 nitrogen and oxygen atoms in total. The van der Waals surface area contributed by atoms with E-state index in [2.05, 4.69) is 22.6 Å². The zero-order chi connectivity index (χ0) is 13.2. The Balaban J connectivity index is 3.05. The maximum absolute atomic E-state index is 12.1. The standard InChI is InChI=1S/C12H14INO3/c1-7-5-4-6-9(10(7)13)11(15)14(3)8(2)12(16)17/h4-6,8H,1-3H3,(H,16,17). The van der Waals surface area contributed by atoms with E-state index in [1.807, 2.05) is 13.0 Å². The highest BCUT2D eigenvalue weighted by molar-refractivity contribution is 14.1. The van der Waals surface area contributed by atoms with E-state index in [0.717, 1.165) is 9.13 Å². The van der Waals surface area contributed by atoms with Gasteiger partial charge in [-0.15, -0.1) is 0 Å². The molecular formula is C12H14INO3. The zero-order valence-corrected chi connectivity index (χ0v) is 12.1. The van der Waals surface area contributed by atoms with Crippen LogP contribution in [0.2, 0.25) is 0 Å². The molecule has 0 heterocycles. The maximum Gasteiger partial charge on any atom is 0.326 e. The van der Waals surface area contributed by atoms with Crippen LogP contribution >= 0.6 is 22.6 Å². The Labute approximate surface area is 114 Å². The van der Waals surface area contributed by atoms with Gasteiger partial charge in [0, 0.05) is 10.6 Å². The number of carbonyl (C=O) groups is 2. The van der Waals surface area contributed by atoms with Gasteiger partial charge < -0.3 is 10.0 Å². The average molecular weight is 347 g/mol. The predicted octanol–water partition coefficient (Wildman–Crippen LogP) is 2.14. The summed E-state index contributed by atoms with van der Waals surface area (Å²) in [7, 11) is 1.50. The molecule has 1 aromatic rings. The van der Waals surface area contributed by atoms with Gasteiger partial charge in [0.1, 0.15) is 6.04 Å². The Kier molecular flexibility index (Phi) is 4.50. The molecule has 0 aliphatic rings. The predicted molar refractivity (Wildman–Crippen MR) is 73.1 cm³/mol. The second-order valence-electron chi connectivity index (χ2n) is 3.87. The highest BCUT2D eigenvalue weighted by atomic mass is 127. The Bertz CT molecular complexity index is 459. The maximum atomic E-state index is 12.1. The first kappa shape index (κ1) is 14.0. The van der Waals surface area contributed by atoms with Gasteiger partial charge in [-0.3, -0.25) is 4.79 Å². The first-order chi connectivity index (χ1) is 7.86. The third kappa shape index (κ3) is 2.96. The van der Waals surface area contributed by atoms with Crippen LogP contribution in [0.25, 0.3) is 0 Å². The van der Waals surface area contributed by atoms with Gasteiger partial charge in [-0.05, 0) is 48.1 Å². The third-order valence-electron chi connectivity index (χ3n) is 2.68. The number of hydrogen-bond donors (Lipinski definition) is 1. The molecule has 0 saturated carbocycles. The van der Waals surface area contributed by atoms with Crippen molar-refractivity contribution in [2.75, 3.05) is 7.05 Å². The number of halogens is 1. The van der Waals surface area contributed by atoms with Gasteiger partial charge in [0.25, 0.3) is 5.91 Å². The normalized spacial score (nSPS) is 12.0. The summed E-state index contributed by atoms with van der Waals surface area (Å²) >= 11 is 2.10. The Morgan fingerprint density at radius 2 is 2.00 bits per heavy atom. The van der Waals surface area contributed by atoms with Crippen molar-refractivity contribution in [1.82, 2.24) is 4.90 Å². The van der Waals surface area contributed by atoms with Gasteiger partial charge in [-0.2, -0.15) is 0 Å². The lowest BCUT2D eigenvalue weighted by atomic mass is 10.1. The molecule has 1 unspecified atom stereocenters. The van der Waals surface area contributed by atoms with Crippen molar-refractivity contribution in [1.29, 1.82) is 0 Å². The Hall–Kier alpha value is -1.11. The molecule has 1 amide bonds. The van der Waals surface area contributed by atoms with Crippen LogP contribution in [0, 0.1) is 10.5 Å². The van der Waals surface area contributed by atoms with Crippen LogP contribution in [0.3, 0.4) is 0 Å². The number of carboxylic acid groups (broad SMARTS) is 1. The summed E-state index contributed by atoms with van der Waals surface area (Å²) in [6, 6.07) is 4.59. The summed E-state index contributed by atoms with van der Waals surface area (Å²) in [6.45, 7) is 3.40. The summed E-state index contributed by atoms with van der Waals surface area (Å²) in [5.74, 6) is -1.28. The molecule has 0 aliphatic carbocycles. The van der Waals surface area contributed by atoms with Crippen LogP contribution in [0.15, 0.2) is 18.2 Å². The van der Waals surface area contributed by atoms with E-state index >= 15 is 0 Å². The molecule has 0 fully saturated rings. The van der Waals surface area contributed by atoms with Crippen molar-refractivity contribution >= 4 is 34.5 Å². The van der Waals surface area contributed by atoms with Crippen molar-refractivity contribution in [3.8, 4) is 0 Å². The second kappa shape index (κ2) is 5.48. The van der Waals surface area contributed by atoms with Gasteiger partial charge in [-0.25, -0.2) is 4.79 Å². The number of carboxylic acids is 1. The summed E-state index contributed by atoms with van der Waals surface area (Å²) in [6.07, 6.45) is 0. The van der Waals surface area contributed by atoms with Crippen molar-refractivity contribution < 1.29 is 14.7 Å². The average Bonchev–Trinajstić information content (AvgIpc) is 2.29. The number of carbonyl (C=O) groups excluding carboxylic acids is 1. The molecule has 1 N–H and O–H groups in total. The minimum atomic E-state index is -1.01. The third-order valence-corrected chi connectivity index (χ3v) is 4.11. The fourth-order valence-electron chi connectivity index (χ4n) is 1.34. The summed E-state index contributed by atoms with van der Waals surface area (Å²) in [5.41, 5.74) is 1.55. The van der Waals surface area contributed by atoms with Crippen LogP contribution in [0.5, 0.6) is 0 Å². The molecule has 1 aromatic carbocycles. The minimum Gasteiger partial charge on any atom is -0.480 e. The molecule has 0 bridgehead atoms. The molecule has 0 spiro atoms. The van der Waals surface area contributed by atoms with Gasteiger partial charge in [0.15, 0.2) is 0 Å². The summed E-state index contributed by atoms with van der Waals surface area (Å²) in [5, 5.41) is 8.88. The number of nitrogens with zero attached hydrogens (tertiary/aromatic N) is 1. The fourth-order valence-corrected chi connectivity index (χ4v) is 1.93. The smallest absolute Gasteiger partial charge is 0.326 e. The van der Waals surface area contributed by atoms with E-state index in [9.17, 15) is 9.59 Å². The second-order valence-corrected chi connectivity index (χ2v) is 4.95. The number of hydrogen-bond acceptors (Lipinski definition) is 2. The van der Waals surface area contributed by atoms with Crippen LogP contribution in [0.4, 0.5) is 0 Å². The highest BCUT2D eigenvalue weighted by Crippen LogP contribution is 2.18. The van der Waals surface area contributed by atoms with E-state index in [4.69, 9.17) is 5.11 Å². The first-order valence-electron chi connectivity index (χ1n) is 5.11. The van der Waals surface area contributed by atoms with Crippen LogP contribution in [-0.2, 0) is 4.79 Å². The highest BCUT2D eigenvalue weighted by Gasteiger charge is 2.24. The molecular weight excluding hydrogens is 333 g/mol. The SMILES string of the molecule is Cc1cccc(C(=O)N(C)C(C)C(=O)O)c1I. The van der Waals surface area contributed by atoms with Crippen LogP contribution < -0.4 is 0 Å². The van der Waals surface area contributed by atoms with Crippen molar-refractivity contribution in [2.24, 2.45) is 0 Å². The molecule has 92 valence electrons. The monoisotopic (exact) mass is 347 g/mol. The molecule has 1 rings (SSSR count). The Morgan fingerprint density at radius 3 is 2.53 bits per heavy atom. The number of likely N-dealkylation sites (N-methyl/N-ethyl adjacent to an activating group) is 1. The van der Waals surface area contributed by atoms with Crippen LogP contribution in [0.1, 0.15) is 22.8 Å². The number of amides is 1. The molecule has 0 aliphatic heterocycles. The quantitative estimate of drug-likeness (QED) is 0.853. The Morgan fingerprint density at radius 1 is 1.41 bits per heavy atom. The van der Waals surface area contributed by atoms with E-state index in [0.29, 0.717) is 5.56 Å². The number of aliphatic carboxylic acids is 1. The van der Waals surface area contributed by atoms with Gasteiger partial charge in [0.05, 0.1) is 5.56 Å². The van der Waals surface area contributed by atoms with Crippen molar-refractivity contribution in [3.05, 3.63) is 32.9 Å². The fraction of sp³-hybridized carbons (Fsp3) is 0.333. The van der Waals surface area contributed by atoms with Crippen LogP contribution in [-0.4, -0.2) is 35.0 Å². The summed E-state index contributed by atoms with van der Waals surface area (Å²) < 4.78 is 0.861. The lowest BCUT2D eigenvalue weighted by Gasteiger charge is -2.22.